The number of aryl methyl sites for hydroxylation is 1. The Hall–Kier alpha value is -5.75. The van der Waals surface area contributed by atoms with Crippen LogP contribution in [0.2, 0.25) is 0 Å². The Morgan fingerprint density at radius 3 is 2.45 bits per heavy atom. The van der Waals surface area contributed by atoms with Crippen LogP contribution in [0.4, 0.5) is 17.1 Å². The molecule has 6 rings (SSSR count). The molecule has 238 valence electrons. The fourth-order valence-corrected chi connectivity index (χ4v) is 6.29. The van der Waals surface area contributed by atoms with Gasteiger partial charge in [-0.15, -0.1) is 0 Å². The second-order valence-electron chi connectivity index (χ2n) is 11.0. The van der Waals surface area contributed by atoms with E-state index in [1.54, 1.807) is 31.5 Å². The number of rotatable bonds is 10. The number of nitrogens with zero attached hydrogens (tertiary/aromatic N) is 4. The van der Waals surface area contributed by atoms with E-state index in [1.165, 1.54) is 12.1 Å². The molecule has 5 aromatic rings. The summed E-state index contributed by atoms with van der Waals surface area (Å²) in [5.74, 6) is 0.843. The summed E-state index contributed by atoms with van der Waals surface area (Å²) >= 11 is 5.92. The van der Waals surface area contributed by atoms with Crippen molar-refractivity contribution in [1.29, 1.82) is 0 Å². The van der Waals surface area contributed by atoms with Gasteiger partial charge in [-0.05, 0) is 92.3 Å². The molecule has 1 aliphatic heterocycles. The Kier molecular flexibility index (Phi) is 8.85. The zero-order valence-electron chi connectivity index (χ0n) is 25.9. The monoisotopic (exact) mass is 648 g/mol. The zero-order chi connectivity index (χ0) is 33.1. The first-order valence-corrected chi connectivity index (χ1v) is 15.3. The fraction of sp³-hybridized carbons (Fsp3) is 0.171. The number of nitrogens with one attached hydrogen (secondary N) is 2. The zero-order valence-corrected chi connectivity index (χ0v) is 26.7. The summed E-state index contributed by atoms with van der Waals surface area (Å²) in [5, 5.41) is 18.5. The van der Waals surface area contributed by atoms with Crippen LogP contribution >= 0.6 is 12.2 Å². The molecule has 2 atom stereocenters. The first kappa shape index (κ1) is 31.2. The van der Waals surface area contributed by atoms with E-state index in [1.807, 2.05) is 84.0 Å². The van der Waals surface area contributed by atoms with Gasteiger partial charge in [-0.1, -0.05) is 24.3 Å². The summed E-state index contributed by atoms with van der Waals surface area (Å²) in [6, 6.07) is 28.3. The van der Waals surface area contributed by atoms with Crippen molar-refractivity contribution in [1.82, 2.24) is 14.9 Å². The van der Waals surface area contributed by atoms with Gasteiger partial charge in [0.05, 0.1) is 35.5 Å². The standard InChI is InChI=1S/C35H32N6O5S/c1-22-19-28(23(2)39(22)30-20-26(41(43)44)16-17-31(30)45-3)34-33(29-11-7-8-18-36-29)38-35(47)40(34)25-14-12-24(13-15-25)37-32(42)21-46-27-9-5-4-6-10-27/h4-20,33-34H,21H2,1-3H3,(H,37,42)(H,38,47)/t33-,34+/m0/s1. The van der Waals surface area contributed by atoms with Gasteiger partial charge in [0.25, 0.3) is 11.6 Å². The maximum absolute atomic E-state index is 12.6. The van der Waals surface area contributed by atoms with E-state index in [2.05, 4.69) is 21.7 Å². The summed E-state index contributed by atoms with van der Waals surface area (Å²) in [5.41, 5.74) is 5.44. The molecule has 2 aromatic heterocycles. The summed E-state index contributed by atoms with van der Waals surface area (Å²) in [6.07, 6.45) is 1.75. The quantitative estimate of drug-likeness (QED) is 0.0979. The number of benzene rings is 3. The first-order chi connectivity index (χ1) is 22.7. The van der Waals surface area contributed by atoms with E-state index in [0.717, 1.165) is 28.3 Å². The Morgan fingerprint density at radius 1 is 1.02 bits per heavy atom. The summed E-state index contributed by atoms with van der Waals surface area (Å²) < 4.78 is 13.2. The number of para-hydroxylation sites is 1. The van der Waals surface area contributed by atoms with Crippen LogP contribution < -0.4 is 25.0 Å². The lowest BCUT2D eigenvalue weighted by atomic mass is 9.96. The molecule has 3 heterocycles. The van der Waals surface area contributed by atoms with Crippen molar-refractivity contribution >= 4 is 40.3 Å². The number of non-ortho nitro benzene ring substituents is 1. The number of thiocarbonyl (C=S) groups is 1. The second-order valence-corrected chi connectivity index (χ2v) is 11.4. The number of hydrogen-bond acceptors (Lipinski definition) is 7. The minimum absolute atomic E-state index is 0.0367. The maximum atomic E-state index is 12.6. The molecule has 1 aliphatic rings. The molecule has 0 bridgehead atoms. The summed E-state index contributed by atoms with van der Waals surface area (Å²) in [7, 11) is 1.54. The molecule has 0 spiro atoms. The normalized spacial score (nSPS) is 15.6. The number of carbonyl (C=O) groups excluding carboxylic acids is 1. The van der Waals surface area contributed by atoms with Crippen molar-refractivity contribution in [2.75, 3.05) is 23.9 Å². The third-order valence-corrected chi connectivity index (χ3v) is 8.36. The predicted molar refractivity (Wildman–Crippen MR) is 183 cm³/mol. The molecule has 1 fully saturated rings. The summed E-state index contributed by atoms with van der Waals surface area (Å²) in [4.78, 5) is 30.5. The summed E-state index contributed by atoms with van der Waals surface area (Å²) in [6.45, 7) is 3.81. The van der Waals surface area contributed by atoms with Crippen LogP contribution in [-0.4, -0.2) is 39.2 Å². The van der Waals surface area contributed by atoms with Crippen molar-refractivity contribution in [3.8, 4) is 17.2 Å². The van der Waals surface area contributed by atoms with Crippen molar-refractivity contribution in [3.63, 3.8) is 0 Å². The van der Waals surface area contributed by atoms with Crippen LogP contribution in [0.15, 0.2) is 103 Å². The molecule has 1 saturated heterocycles. The number of methoxy groups -OCH3 is 1. The highest BCUT2D eigenvalue weighted by Gasteiger charge is 2.42. The highest BCUT2D eigenvalue weighted by atomic mass is 32.1. The smallest absolute Gasteiger partial charge is 0.271 e. The molecule has 0 aliphatic carbocycles. The average molecular weight is 649 g/mol. The topological polar surface area (TPSA) is 124 Å². The molecule has 3 aromatic carbocycles. The van der Waals surface area contributed by atoms with Crippen molar-refractivity contribution < 1.29 is 19.2 Å². The van der Waals surface area contributed by atoms with Gasteiger partial charge in [-0.3, -0.25) is 19.9 Å². The minimum Gasteiger partial charge on any atom is -0.495 e. The van der Waals surface area contributed by atoms with Gasteiger partial charge in [0.15, 0.2) is 11.7 Å². The lowest BCUT2D eigenvalue weighted by molar-refractivity contribution is -0.384. The third kappa shape index (κ3) is 6.36. The van der Waals surface area contributed by atoms with E-state index in [9.17, 15) is 14.9 Å². The molecular formula is C35H32N6O5S. The predicted octanol–water partition coefficient (Wildman–Crippen LogP) is 6.60. The molecule has 2 N–H and O–H groups in total. The van der Waals surface area contributed by atoms with Gasteiger partial charge in [0.2, 0.25) is 0 Å². The van der Waals surface area contributed by atoms with Crippen LogP contribution in [0.3, 0.4) is 0 Å². The van der Waals surface area contributed by atoms with Gasteiger partial charge in [0.1, 0.15) is 11.5 Å². The molecule has 1 amide bonds. The van der Waals surface area contributed by atoms with Crippen molar-refractivity contribution in [3.05, 3.63) is 136 Å². The maximum Gasteiger partial charge on any atom is 0.271 e. The third-order valence-electron chi connectivity index (χ3n) is 8.04. The number of carbonyl (C=O) groups is 1. The largest absolute Gasteiger partial charge is 0.495 e. The molecule has 11 nitrogen and oxygen atoms in total. The van der Waals surface area contributed by atoms with E-state index in [-0.39, 0.29) is 30.3 Å². The Balaban J connectivity index is 1.35. The molecule has 0 unspecified atom stereocenters. The van der Waals surface area contributed by atoms with Crippen LogP contribution in [0.25, 0.3) is 5.69 Å². The number of nitro groups is 1. The van der Waals surface area contributed by atoms with Gasteiger partial charge in [0, 0.05) is 41.1 Å². The lowest BCUT2D eigenvalue weighted by Gasteiger charge is -2.28. The lowest BCUT2D eigenvalue weighted by Crippen LogP contribution is -2.29. The highest BCUT2D eigenvalue weighted by molar-refractivity contribution is 7.80. The Morgan fingerprint density at radius 2 is 1.77 bits per heavy atom. The van der Waals surface area contributed by atoms with E-state index < -0.39 is 4.92 Å². The second kappa shape index (κ2) is 13.3. The highest BCUT2D eigenvalue weighted by Crippen LogP contribution is 2.44. The van der Waals surface area contributed by atoms with Gasteiger partial charge < -0.3 is 29.6 Å². The number of amides is 1. The van der Waals surface area contributed by atoms with Crippen LogP contribution in [0, 0.1) is 24.0 Å². The molecule has 47 heavy (non-hydrogen) atoms. The van der Waals surface area contributed by atoms with Crippen LogP contribution in [0.1, 0.15) is 34.7 Å². The Labute approximate surface area is 276 Å². The van der Waals surface area contributed by atoms with Gasteiger partial charge in [-0.2, -0.15) is 0 Å². The van der Waals surface area contributed by atoms with Crippen LogP contribution in [0.5, 0.6) is 11.5 Å². The van der Waals surface area contributed by atoms with E-state index in [4.69, 9.17) is 21.7 Å². The van der Waals surface area contributed by atoms with E-state index in [0.29, 0.717) is 28.0 Å². The van der Waals surface area contributed by atoms with Crippen molar-refractivity contribution in [2.45, 2.75) is 25.9 Å². The number of pyridine rings is 1. The Bertz CT molecular complexity index is 1930. The first-order valence-electron chi connectivity index (χ1n) is 14.8. The molecular weight excluding hydrogens is 616 g/mol. The van der Waals surface area contributed by atoms with Crippen molar-refractivity contribution in [2.24, 2.45) is 0 Å². The van der Waals surface area contributed by atoms with Gasteiger partial charge in [-0.25, -0.2) is 0 Å². The number of hydrogen-bond donors (Lipinski definition) is 2. The van der Waals surface area contributed by atoms with Gasteiger partial charge >= 0.3 is 0 Å². The number of nitro benzene ring substituents is 1. The fourth-order valence-electron chi connectivity index (χ4n) is 5.94. The molecule has 0 saturated carbocycles. The number of anilines is 2. The molecule has 12 heteroatoms. The SMILES string of the molecule is COc1ccc([N+](=O)[O-])cc1-n1c(C)cc([C@@H]2[C@H](c3ccccn3)NC(=S)N2c2ccc(NC(=O)COc3ccccc3)cc2)c1C. The van der Waals surface area contributed by atoms with E-state index >= 15 is 0 Å². The average Bonchev–Trinajstić information content (AvgIpc) is 3.58. The minimum atomic E-state index is -0.418. The molecule has 0 radical (unpaired) electrons. The number of ether oxygens (including phenoxy) is 2. The number of aromatic nitrogens is 2. The van der Waals surface area contributed by atoms with Crippen LogP contribution in [-0.2, 0) is 4.79 Å².